The number of carboxylic acids is 1. The first-order chi connectivity index (χ1) is 11.2. The fourth-order valence-electron chi connectivity index (χ4n) is 2.35. The summed E-state index contributed by atoms with van der Waals surface area (Å²) < 4.78 is 0. The number of aliphatic carboxylic acids is 1. The number of hydrogen-bond acceptors (Lipinski definition) is 1. The SMILES string of the molecule is CCCCCCCC/C=C\CCCCCCCC(=O)O.[Br][Zn][Br]. The predicted molar refractivity (Wildman–Crippen MR) is 105 cm³/mol. The third-order valence-electron chi connectivity index (χ3n) is 3.65. The second-order valence-electron chi connectivity index (χ2n) is 5.83. The van der Waals surface area contributed by atoms with Crippen molar-refractivity contribution in [2.75, 3.05) is 0 Å². The molecule has 0 radical (unpaired) electrons. The van der Waals surface area contributed by atoms with Crippen molar-refractivity contribution in [1.29, 1.82) is 0 Å². The Bertz CT molecular complexity index is 261. The molecule has 0 atom stereocenters. The van der Waals surface area contributed by atoms with E-state index in [1.165, 1.54) is 70.6 Å². The maximum atomic E-state index is 10.3. The number of halogens is 2. The molecule has 0 aromatic heterocycles. The summed E-state index contributed by atoms with van der Waals surface area (Å²) in [5, 5.41) is 8.51. The van der Waals surface area contributed by atoms with Crippen LogP contribution in [0.25, 0.3) is 0 Å². The Balaban J connectivity index is 0. The van der Waals surface area contributed by atoms with Crippen molar-refractivity contribution < 1.29 is 23.1 Å². The van der Waals surface area contributed by atoms with E-state index < -0.39 is 5.97 Å². The molecule has 5 heteroatoms. The summed E-state index contributed by atoms with van der Waals surface area (Å²) in [5.74, 6) is -0.664. The first kappa shape index (κ1) is 26.0. The van der Waals surface area contributed by atoms with Crippen LogP contribution < -0.4 is 0 Å². The van der Waals surface area contributed by atoms with Gasteiger partial charge in [-0.1, -0.05) is 70.4 Å². The van der Waals surface area contributed by atoms with E-state index in [1.807, 2.05) is 0 Å². The van der Waals surface area contributed by atoms with Crippen LogP contribution in [-0.2, 0) is 18.0 Å². The van der Waals surface area contributed by atoms with Crippen LogP contribution in [0.5, 0.6) is 0 Å². The van der Waals surface area contributed by atoms with Crippen molar-refractivity contribution in [2.24, 2.45) is 0 Å². The van der Waals surface area contributed by atoms with Gasteiger partial charge in [-0.3, -0.25) is 4.79 Å². The van der Waals surface area contributed by atoms with Gasteiger partial charge < -0.3 is 5.11 Å². The number of rotatable bonds is 15. The average molecular weight is 508 g/mol. The van der Waals surface area contributed by atoms with E-state index in [0.29, 0.717) is 6.42 Å². The molecule has 0 saturated heterocycles. The van der Waals surface area contributed by atoms with Crippen LogP contribution in [0.15, 0.2) is 12.2 Å². The Hall–Kier alpha value is 0.793. The van der Waals surface area contributed by atoms with Crippen molar-refractivity contribution in [3.63, 3.8) is 0 Å². The number of allylic oxidation sites excluding steroid dienone is 2. The number of unbranched alkanes of at least 4 members (excludes halogenated alkanes) is 11. The molecule has 23 heavy (non-hydrogen) atoms. The van der Waals surface area contributed by atoms with Crippen LogP contribution in [0, 0.1) is 0 Å². The molecular weight excluding hydrogens is 473 g/mol. The van der Waals surface area contributed by atoms with Crippen LogP contribution >= 0.6 is 27.2 Å². The normalized spacial score (nSPS) is 10.2. The van der Waals surface area contributed by atoms with Crippen molar-refractivity contribution in [2.45, 2.75) is 96.8 Å². The molecule has 134 valence electrons. The van der Waals surface area contributed by atoms with E-state index >= 15 is 0 Å². The summed E-state index contributed by atoms with van der Waals surface area (Å²) in [6.07, 6.45) is 21.2. The van der Waals surface area contributed by atoms with Crippen molar-refractivity contribution >= 4 is 33.2 Å². The summed E-state index contributed by atoms with van der Waals surface area (Å²) in [6.45, 7) is 2.26. The molecule has 0 aliphatic carbocycles. The third-order valence-corrected chi connectivity index (χ3v) is 3.65. The first-order valence-electron chi connectivity index (χ1n) is 9.17. The van der Waals surface area contributed by atoms with Gasteiger partial charge in [-0.25, -0.2) is 0 Å². The standard InChI is InChI=1S/C18H34O2.2BrH.Zn/c1-2-3-4-5-6-7-8-9-10-11-12-13-14-15-16-17-18(19)20;;;/h9-10H,2-8,11-17H2,1H3,(H,19,20);2*1H;/q;;;+2/p-2/b10-9-;;;. The molecule has 1 N–H and O–H groups in total. The zero-order valence-corrected chi connectivity index (χ0v) is 21.0. The van der Waals surface area contributed by atoms with Gasteiger partial charge in [0, 0.05) is 6.42 Å². The summed E-state index contributed by atoms with van der Waals surface area (Å²) in [7, 11) is 0. The molecule has 0 amide bonds. The second-order valence-corrected chi connectivity index (χ2v) is 19.9. The van der Waals surface area contributed by atoms with Crippen LogP contribution in [0.2, 0.25) is 0 Å². The molecule has 0 heterocycles. The molecule has 0 spiro atoms. The van der Waals surface area contributed by atoms with Gasteiger partial charge in [0.15, 0.2) is 0 Å². The molecule has 0 rings (SSSR count). The molecule has 0 aliphatic rings. The summed E-state index contributed by atoms with van der Waals surface area (Å²) in [6, 6.07) is 0. The molecule has 0 aromatic carbocycles. The van der Waals surface area contributed by atoms with Crippen LogP contribution in [-0.4, -0.2) is 11.1 Å². The molecule has 0 aromatic rings. The fraction of sp³-hybridized carbons (Fsp3) is 0.833. The third kappa shape index (κ3) is 31.1. The van der Waals surface area contributed by atoms with Crippen molar-refractivity contribution in [3.8, 4) is 0 Å². The minimum atomic E-state index is -0.664. The van der Waals surface area contributed by atoms with Gasteiger partial charge in [-0.2, -0.15) is 0 Å². The molecule has 0 unspecified atom stereocenters. The maximum absolute atomic E-state index is 10.3. The van der Waals surface area contributed by atoms with E-state index in [1.54, 1.807) is 0 Å². The fourth-order valence-corrected chi connectivity index (χ4v) is 2.35. The molecule has 2 nitrogen and oxygen atoms in total. The number of hydrogen-bond donors (Lipinski definition) is 1. The van der Waals surface area contributed by atoms with E-state index in [-0.39, 0.29) is 13.2 Å². The van der Waals surface area contributed by atoms with Crippen LogP contribution in [0.1, 0.15) is 96.8 Å². The predicted octanol–water partition coefficient (Wildman–Crippen LogP) is 7.80. The summed E-state index contributed by atoms with van der Waals surface area (Å²) in [4.78, 5) is 10.3. The quantitative estimate of drug-likeness (QED) is 0.139. The van der Waals surface area contributed by atoms with Gasteiger partial charge in [0.25, 0.3) is 0 Å². The average Bonchev–Trinajstić information content (AvgIpc) is 2.51. The van der Waals surface area contributed by atoms with Gasteiger partial charge in [-0.15, -0.1) is 0 Å². The summed E-state index contributed by atoms with van der Waals surface area (Å²) in [5.41, 5.74) is 0. The minimum absolute atomic E-state index is 0.250. The Morgan fingerprint density at radius 3 is 1.65 bits per heavy atom. The second kappa shape index (κ2) is 25.0. The van der Waals surface area contributed by atoms with Gasteiger partial charge in [0.1, 0.15) is 0 Å². The van der Waals surface area contributed by atoms with Crippen molar-refractivity contribution in [3.05, 3.63) is 12.2 Å². The van der Waals surface area contributed by atoms with Crippen LogP contribution in [0.3, 0.4) is 0 Å². The number of carbonyl (C=O) groups is 1. The molecule has 0 saturated carbocycles. The van der Waals surface area contributed by atoms with Gasteiger partial charge in [0.2, 0.25) is 0 Å². The number of carboxylic acid groups (broad SMARTS) is 1. The molecule has 0 fully saturated rings. The van der Waals surface area contributed by atoms with Crippen LogP contribution in [0.4, 0.5) is 0 Å². The van der Waals surface area contributed by atoms with E-state index in [2.05, 4.69) is 46.3 Å². The summed E-state index contributed by atoms with van der Waals surface area (Å²) >= 11 is 6.25. The first-order valence-corrected chi connectivity index (χ1v) is 23.1. The van der Waals surface area contributed by atoms with E-state index in [4.69, 9.17) is 5.11 Å². The van der Waals surface area contributed by atoms with E-state index in [0.717, 1.165) is 12.8 Å². The zero-order valence-electron chi connectivity index (χ0n) is 14.9. The Morgan fingerprint density at radius 1 is 0.826 bits per heavy atom. The topological polar surface area (TPSA) is 37.3 Å². The molecule has 0 bridgehead atoms. The monoisotopic (exact) mass is 504 g/mol. The Morgan fingerprint density at radius 2 is 1.22 bits per heavy atom. The van der Waals surface area contributed by atoms with Gasteiger partial charge >= 0.3 is 46.4 Å². The van der Waals surface area contributed by atoms with Crippen molar-refractivity contribution in [1.82, 2.24) is 0 Å². The van der Waals surface area contributed by atoms with E-state index in [9.17, 15) is 4.79 Å². The van der Waals surface area contributed by atoms with Gasteiger partial charge in [0.05, 0.1) is 0 Å². The molecular formula is C18H34Br2O2Zn. The Labute approximate surface area is 164 Å². The van der Waals surface area contributed by atoms with Gasteiger partial charge in [-0.05, 0) is 32.1 Å². The Kier molecular flexibility index (Phi) is 28.3. The zero-order chi connectivity index (χ0) is 17.6. The molecule has 0 aliphatic heterocycles.